The molecule has 116 valence electrons. The maximum absolute atomic E-state index is 6.18. The molecule has 1 aliphatic carbocycles. The Labute approximate surface area is 138 Å². The Bertz CT molecular complexity index is 413. The lowest BCUT2D eigenvalue weighted by molar-refractivity contribution is 0.295. The van der Waals surface area contributed by atoms with Crippen molar-refractivity contribution in [1.82, 2.24) is 9.88 Å². The molecule has 1 saturated heterocycles. The molecule has 2 N–H and O–H groups in total. The fraction of sp³-hybridized carbons (Fsp3) is 0.786. The molecule has 0 bridgehead atoms. The van der Waals surface area contributed by atoms with Crippen LogP contribution >= 0.6 is 36.2 Å². The molecule has 1 aromatic heterocycles. The van der Waals surface area contributed by atoms with Gasteiger partial charge in [-0.3, -0.25) is 4.90 Å². The van der Waals surface area contributed by atoms with Gasteiger partial charge in [-0.2, -0.15) is 0 Å². The van der Waals surface area contributed by atoms with Gasteiger partial charge in [-0.1, -0.05) is 6.92 Å². The topological polar surface area (TPSA) is 42.2 Å². The second kappa shape index (κ2) is 7.95. The lowest BCUT2D eigenvalue weighted by Crippen LogP contribution is -2.30. The standard InChI is InChI=1S/C14H23N3S.2ClH/c1-2-3-14-16-11(9-18-14)7-17-6-10-4-5-13(15)12(10)8-17;;/h9-10,12-13H,2-8,15H2,1H3;2*1H. The summed E-state index contributed by atoms with van der Waals surface area (Å²) in [4.78, 5) is 7.28. The van der Waals surface area contributed by atoms with Gasteiger partial charge in [0.1, 0.15) is 0 Å². The van der Waals surface area contributed by atoms with E-state index in [-0.39, 0.29) is 24.8 Å². The van der Waals surface area contributed by atoms with Crippen LogP contribution in [0.2, 0.25) is 0 Å². The second-order valence-electron chi connectivity index (χ2n) is 5.84. The van der Waals surface area contributed by atoms with Crippen LogP contribution < -0.4 is 5.73 Å². The molecule has 2 fully saturated rings. The molecule has 0 amide bonds. The molecule has 0 radical (unpaired) electrons. The van der Waals surface area contributed by atoms with Crippen LogP contribution in [0.25, 0.3) is 0 Å². The predicted molar refractivity (Wildman–Crippen MR) is 90.1 cm³/mol. The van der Waals surface area contributed by atoms with Crippen molar-refractivity contribution in [2.75, 3.05) is 13.1 Å². The fourth-order valence-electron chi connectivity index (χ4n) is 3.51. The molecular weight excluding hydrogens is 313 g/mol. The van der Waals surface area contributed by atoms with E-state index in [1.807, 2.05) is 11.3 Å². The monoisotopic (exact) mass is 337 g/mol. The largest absolute Gasteiger partial charge is 0.327 e. The van der Waals surface area contributed by atoms with Crippen LogP contribution in [-0.4, -0.2) is 29.0 Å². The van der Waals surface area contributed by atoms with Gasteiger partial charge in [-0.05, 0) is 37.5 Å². The minimum Gasteiger partial charge on any atom is -0.327 e. The Hall–Kier alpha value is 0.130. The van der Waals surface area contributed by atoms with Crippen molar-refractivity contribution in [1.29, 1.82) is 0 Å². The first kappa shape index (κ1) is 18.2. The highest BCUT2D eigenvalue weighted by atomic mass is 35.5. The third-order valence-electron chi connectivity index (χ3n) is 4.44. The predicted octanol–water partition coefficient (Wildman–Crippen LogP) is 3.11. The summed E-state index contributed by atoms with van der Waals surface area (Å²) in [6, 6.07) is 0.450. The van der Waals surface area contributed by atoms with Crippen LogP contribution in [0, 0.1) is 11.8 Å². The molecule has 1 aromatic rings. The SMILES string of the molecule is CCCc1nc(CN2CC3CCC(N)C3C2)cs1.Cl.Cl. The quantitative estimate of drug-likeness (QED) is 0.917. The van der Waals surface area contributed by atoms with Crippen molar-refractivity contribution >= 4 is 36.2 Å². The van der Waals surface area contributed by atoms with Gasteiger partial charge in [0.15, 0.2) is 0 Å². The Balaban J connectivity index is 0.000001000. The normalized spacial score (nSPS) is 28.8. The number of nitrogens with two attached hydrogens (primary N) is 1. The zero-order valence-electron chi connectivity index (χ0n) is 12.0. The van der Waals surface area contributed by atoms with Gasteiger partial charge in [0.25, 0.3) is 0 Å². The minimum atomic E-state index is 0. The van der Waals surface area contributed by atoms with Crippen LogP contribution in [0.5, 0.6) is 0 Å². The van der Waals surface area contributed by atoms with E-state index in [2.05, 4.69) is 17.2 Å². The van der Waals surface area contributed by atoms with E-state index >= 15 is 0 Å². The second-order valence-corrected chi connectivity index (χ2v) is 6.78. The molecule has 3 rings (SSSR count). The van der Waals surface area contributed by atoms with Crippen molar-refractivity contribution in [3.8, 4) is 0 Å². The van der Waals surface area contributed by atoms with Gasteiger partial charge in [0, 0.05) is 31.1 Å². The highest BCUT2D eigenvalue weighted by Crippen LogP contribution is 2.37. The van der Waals surface area contributed by atoms with Crippen LogP contribution in [0.15, 0.2) is 5.38 Å². The zero-order chi connectivity index (χ0) is 12.5. The number of aryl methyl sites for hydroxylation is 1. The van der Waals surface area contributed by atoms with Gasteiger partial charge in [-0.25, -0.2) is 4.98 Å². The van der Waals surface area contributed by atoms with Crippen LogP contribution in [0.3, 0.4) is 0 Å². The van der Waals surface area contributed by atoms with E-state index < -0.39 is 0 Å². The van der Waals surface area contributed by atoms with Crippen molar-refractivity contribution in [3.05, 3.63) is 16.1 Å². The summed E-state index contributed by atoms with van der Waals surface area (Å²) >= 11 is 1.82. The molecule has 6 heteroatoms. The Morgan fingerprint density at radius 1 is 1.35 bits per heavy atom. The van der Waals surface area contributed by atoms with Crippen molar-refractivity contribution in [2.45, 2.75) is 45.2 Å². The maximum Gasteiger partial charge on any atom is 0.0928 e. The van der Waals surface area contributed by atoms with E-state index in [0.717, 1.165) is 24.8 Å². The summed E-state index contributed by atoms with van der Waals surface area (Å²) in [5, 5.41) is 3.53. The highest BCUT2D eigenvalue weighted by Gasteiger charge is 2.40. The number of thiazole rings is 1. The fourth-order valence-corrected chi connectivity index (χ4v) is 4.40. The number of halogens is 2. The molecule has 1 aliphatic heterocycles. The molecule has 20 heavy (non-hydrogen) atoms. The van der Waals surface area contributed by atoms with Crippen LogP contribution in [0.4, 0.5) is 0 Å². The Kier molecular flexibility index (Phi) is 7.22. The molecule has 0 aromatic carbocycles. The van der Waals surface area contributed by atoms with E-state index in [9.17, 15) is 0 Å². The number of nitrogens with zero attached hydrogens (tertiary/aromatic N) is 2. The molecule has 2 aliphatic rings. The smallest absolute Gasteiger partial charge is 0.0928 e. The first-order chi connectivity index (χ1) is 8.76. The van der Waals surface area contributed by atoms with Gasteiger partial charge in [-0.15, -0.1) is 36.2 Å². The highest BCUT2D eigenvalue weighted by molar-refractivity contribution is 7.09. The third-order valence-corrected chi connectivity index (χ3v) is 5.39. The third kappa shape index (κ3) is 3.86. The number of fused-ring (bicyclic) bond motifs is 1. The maximum atomic E-state index is 6.18. The summed E-state index contributed by atoms with van der Waals surface area (Å²) in [5.74, 6) is 1.60. The number of hydrogen-bond acceptors (Lipinski definition) is 4. The molecule has 3 atom stereocenters. The van der Waals surface area contributed by atoms with E-state index in [1.165, 1.54) is 43.1 Å². The van der Waals surface area contributed by atoms with Crippen molar-refractivity contribution < 1.29 is 0 Å². The summed E-state index contributed by atoms with van der Waals surface area (Å²) in [6.07, 6.45) is 4.89. The summed E-state index contributed by atoms with van der Waals surface area (Å²) in [7, 11) is 0. The number of likely N-dealkylation sites (tertiary alicyclic amines) is 1. The molecule has 3 nitrogen and oxygen atoms in total. The lowest BCUT2D eigenvalue weighted by atomic mass is 9.98. The number of rotatable bonds is 4. The van der Waals surface area contributed by atoms with Gasteiger partial charge in [0.05, 0.1) is 10.7 Å². The van der Waals surface area contributed by atoms with Crippen molar-refractivity contribution in [3.63, 3.8) is 0 Å². The van der Waals surface area contributed by atoms with E-state index in [4.69, 9.17) is 10.7 Å². The van der Waals surface area contributed by atoms with Crippen LogP contribution in [-0.2, 0) is 13.0 Å². The molecule has 2 heterocycles. The van der Waals surface area contributed by atoms with Crippen molar-refractivity contribution in [2.24, 2.45) is 17.6 Å². The molecule has 1 saturated carbocycles. The average Bonchev–Trinajstić information content (AvgIpc) is 3.00. The minimum absolute atomic E-state index is 0. The summed E-state index contributed by atoms with van der Waals surface area (Å²) in [5.41, 5.74) is 7.44. The van der Waals surface area contributed by atoms with E-state index in [1.54, 1.807) is 0 Å². The first-order valence-electron chi connectivity index (χ1n) is 7.17. The number of hydrogen-bond donors (Lipinski definition) is 1. The van der Waals surface area contributed by atoms with Gasteiger partial charge < -0.3 is 5.73 Å². The summed E-state index contributed by atoms with van der Waals surface area (Å²) < 4.78 is 0. The Morgan fingerprint density at radius 2 is 2.15 bits per heavy atom. The molecule has 3 unspecified atom stereocenters. The average molecular weight is 338 g/mol. The zero-order valence-corrected chi connectivity index (χ0v) is 14.4. The van der Waals surface area contributed by atoms with Crippen LogP contribution in [0.1, 0.15) is 36.9 Å². The molecule has 0 spiro atoms. The Morgan fingerprint density at radius 3 is 2.85 bits per heavy atom. The van der Waals surface area contributed by atoms with Gasteiger partial charge in [0.2, 0.25) is 0 Å². The van der Waals surface area contributed by atoms with E-state index in [0.29, 0.717) is 6.04 Å². The number of aromatic nitrogens is 1. The first-order valence-corrected chi connectivity index (χ1v) is 8.05. The van der Waals surface area contributed by atoms with Gasteiger partial charge >= 0.3 is 0 Å². The summed E-state index contributed by atoms with van der Waals surface area (Å²) in [6.45, 7) is 5.66. The lowest BCUT2D eigenvalue weighted by Gasteiger charge is -2.17. The molecular formula is C14H25Cl2N3S.